The average Bonchev–Trinajstić information content (AvgIpc) is 3.26. The number of carbonyl (C=O) groups is 2. The molecule has 0 saturated heterocycles. The molecule has 3 aromatic rings. The molecule has 3 rings (SSSR count). The van der Waals surface area contributed by atoms with Crippen LogP contribution in [-0.4, -0.2) is 40.1 Å². The summed E-state index contributed by atoms with van der Waals surface area (Å²) in [5, 5.41) is 7.61. The summed E-state index contributed by atoms with van der Waals surface area (Å²) >= 11 is 1.24. The van der Waals surface area contributed by atoms with Crippen molar-refractivity contribution >= 4 is 28.9 Å². The number of fused-ring (bicyclic) bond motifs is 1. The zero-order valence-electron chi connectivity index (χ0n) is 13.2. The fourth-order valence-corrected chi connectivity index (χ4v) is 2.84. The number of esters is 1. The van der Waals surface area contributed by atoms with E-state index < -0.39 is 30.3 Å². The summed E-state index contributed by atoms with van der Waals surface area (Å²) in [5.41, 5.74) is -1.36. The van der Waals surface area contributed by atoms with Crippen LogP contribution < -0.4 is 5.32 Å². The van der Waals surface area contributed by atoms with E-state index in [1.807, 2.05) is 0 Å². The van der Waals surface area contributed by atoms with Crippen LogP contribution in [0, 0.1) is 0 Å². The lowest BCUT2D eigenvalue weighted by Crippen LogP contribution is -2.30. The average molecular weight is 384 g/mol. The number of rotatable bonds is 4. The van der Waals surface area contributed by atoms with Crippen molar-refractivity contribution in [2.45, 2.75) is 6.18 Å². The highest BCUT2D eigenvalue weighted by Gasteiger charge is 2.35. The molecule has 0 aromatic carbocycles. The second kappa shape index (κ2) is 6.75. The third-order valence-electron chi connectivity index (χ3n) is 3.34. The van der Waals surface area contributed by atoms with E-state index in [0.717, 1.165) is 19.2 Å². The normalized spacial score (nSPS) is 11.5. The number of carbonyl (C=O) groups excluding carboxylic acids is 2. The number of ether oxygens (including phenoxy) is 1. The summed E-state index contributed by atoms with van der Waals surface area (Å²) in [6, 6.07) is 5.34. The molecule has 0 aliphatic carbocycles. The van der Waals surface area contributed by atoms with Gasteiger partial charge in [-0.15, -0.1) is 11.3 Å². The van der Waals surface area contributed by atoms with Crippen LogP contribution in [0.1, 0.15) is 16.2 Å². The molecule has 0 saturated carbocycles. The van der Waals surface area contributed by atoms with E-state index in [4.69, 9.17) is 0 Å². The number of hydrogen-bond acceptors (Lipinski definition) is 6. The topological polar surface area (TPSA) is 85.6 Å². The summed E-state index contributed by atoms with van der Waals surface area (Å²) in [6.45, 7) is -0.427. The first-order chi connectivity index (χ1) is 12.3. The van der Waals surface area contributed by atoms with Gasteiger partial charge in [-0.25, -0.2) is 9.50 Å². The van der Waals surface area contributed by atoms with E-state index in [9.17, 15) is 22.8 Å². The largest absolute Gasteiger partial charge is 0.468 e. The number of halogens is 3. The first kappa shape index (κ1) is 17.9. The molecule has 0 unspecified atom stereocenters. The summed E-state index contributed by atoms with van der Waals surface area (Å²) in [6.07, 6.45) is -4.70. The second-order valence-corrected chi connectivity index (χ2v) is 6.01. The standard InChI is InChI=1S/C15H11F3N4O3S/c1-25-13(23)7-19-14(24)9-6-12-20-8(10-3-2-4-26-10)5-11(15(16,17)18)22(12)21-9/h2-6H,7H2,1H3,(H,19,24). The predicted octanol–water partition coefficient (Wildman–Crippen LogP) is 2.38. The van der Waals surface area contributed by atoms with Crippen molar-refractivity contribution in [3.8, 4) is 10.6 Å². The third-order valence-corrected chi connectivity index (χ3v) is 4.24. The van der Waals surface area contributed by atoms with Crippen molar-refractivity contribution in [3.05, 3.63) is 41.0 Å². The fourth-order valence-electron chi connectivity index (χ4n) is 2.15. The predicted molar refractivity (Wildman–Crippen MR) is 85.7 cm³/mol. The molecule has 1 amide bonds. The van der Waals surface area contributed by atoms with Gasteiger partial charge >= 0.3 is 12.1 Å². The molecule has 0 radical (unpaired) electrons. The van der Waals surface area contributed by atoms with Crippen LogP contribution in [0.25, 0.3) is 16.2 Å². The van der Waals surface area contributed by atoms with Crippen LogP contribution in [0.3, 0.4) is 0 Å². The lowest BCUT2D eigenvalue weighted by Gasteiger charge is -2.10. The maximum atomic E-state index is 13.4. The molecule has 0 bridgehead atoms. The number of aromatic nitrogens is 3. The highest BCUT2D eigenvalue weighted by molar-refractivity contribution is 7.13. The summed E-state index contributed by atoms with van der Waals surface area (Å²) < 4.78 is 45.1. The van der Waals surface area contributed by atoms with E-state index in [-0.39, 0.29) is 17.0 Å². The Balaban J connectivity index is 2.04. The molecule has 0 atom stereocenters. The van der Waals surface area contributed by atoms with E-state index in [1.54, 1.807) is 17.5 Å². The van der Waals surface area contributed by atoms with Gasteiger partial charge in [-0.3, -0.25) is 9.59 Å². The molecule has 3 heterocycles. The van der Waals surface area contributed by atoms with Crippen LogP contribution in [0.2, 0.25) is 0 Å². The highest BCUT2D eigenvalue weighted by Crippen LogP contribution is 2.33. The molecular formula is C15H11F3N4O3S. The number of nitrogens with zero attached hydrogens (tertiary/aromatic N) is 3. The van der Waals surface area contributed by atoms with E-state index >= 15 is 0 Å². The lowest BCUT2D eigenvalue weighted by atomic mass is 10.2. The first-order valence-electron chi connectivity index (χ1n) is 7.16. The Morgan fingerprint density at radius 2 is 2.12 bits per heavy atom. The van der Waals surface area contributed by atoms with Crippen molar-refractivity contribution < 1.29 is 27.5 Å². The zero-order valence-corrected chi connectivity index (χ0v) is 14.0. The van der Waals surface area contributed by atoms with Gasteiger partial charge in [0.05, 0.1) is 17.7 Å². The van der Waals surface area contributed by atoms with Crippen molar-refractivity contribution in [2.24, 2.45) is 0 Å². The van der Waals surface area contributed by atoms with Crippen LogP contribution in [-0.2, 0) is 15.7 Å². The summed E-state index contributed by atoms with van der Waals surface area (Å²) in [7, 11) is 1.14. The van der Waals surface area contributed by atoms with E-state index in [0.29, 0.717) is 9.39 Å². The number of hydrogen-bond donors (Lipinski definition) is 1. The van der Waals surface area contributed by atoms with Gasteiger partial charge < -0.3 is 10.1 Å². The Morgan fingerprint density at radius 3 is 2.73 bits per heavy atom. The minimum absolute atomic E-state index is 0.126. The van der Waals surface area contributed by atoms with Gasteiger partial charge in [0.2, 0.25) is 0 Å². The highest BCUT2D eigenvalue weighted by atomic mass is 32.1. The molecule has 0 aliphatic rings. The van der Waals surface area contributed by atoms with Gasteiger partial charge in [0.1, 0.15) is 6.54 Å². The Hall–Kier alpha value is -2.95. The molecule has 0 fully saturated rings. The van der Waals surface area contributed by atoms with Crippen LogP contribution in [0.4, 0.5) is 13.2 Å². The SMILES string of the molecule is COC(=O)CNC(=O)c1cc2nc(-c3cccs3)cc(C(F)(F)F)n2n1. The Labute approximate surface area is 148 Å². The van der Waals surface area contributed by atoms with Crippen LogP contribution in [0.5, 0.6) is 0 Å². The molecule has 3 aromatic heterocycles. The molecular weight excluding hydrogens is 373 g/mol. The van der Waals surface area contributed by atoms with Crippen molar-refractivity contribution in [2.75, 3.05) is 13.7 Å². The number of methoxy groups -OCH3 is 1. The molecule has 11 heteroatoms. The van der Waals surface area contributed by atoms with Crippen LogP contribution >= 0.6 is 11.3 Å². The van der Waals surface area contributed by atoms with Crippen molar-refractivity contribution in [3.63, 3.8) is 0 Å². The van der Waals surface area contributed by atoms with Gasteiger partial charge in [-0.05, 0) is 17.5 Å². The van der Waals surface area contributed by atoms with Gasteiger partial charge in [-0.1, -0.05) is 6.07 Å². The second-order valence-electron chi connectivity index (χ2n) is 5.06. The van der Waals surface area contributed by atoms with Crippen LogP contribution in [0.15, 0.2) is 29.6 Å². The summed E-state index contributed by atoms with van der Waals surface area (Å²) in [4.78, 5) is 27.8. The van der Waals surface area contributed by atoms with Crippen molar-refractivity contribution in [1.82, 2.24) is 19.9 Å². The molecule has 136 valence electrons. The van der Waals surface area contributed by atoms with E-state index in [2.05, 4.69) is 20.1 Å². The maximum Gasteiger partial charge on any atom is 0.433 e. The van der Waals surface area contributed by atoms with Gasteiger partial charge in [0, 0.05) is 6.07 Å². The minimum atomic E-state index is -4.70. The number of thiophene rings is 1. The first-order valence-corrected chi connectivity index (χ1v) is 8.04. The minimum Gasteiger partial charge on any atom is -0.468 e. The molecule has 0 spiro atoms. The Kier molecular flexibility index (Phi) is 4.64. The van der Waals surface area contributed by atoms with Gasteiger partial charge in [-0.2, -0.15) is 18.3 Å². The number of alkyl halides is 3. The van der Waals surface area contributed by atoms with Crippen molar-refractivity contribution in [1.29, 1.82) is 0 Å². The Morgan fingerprint density at radius 1 is 1.35 bits per heavy atom. The fraction of sp³-hybridized carbons (Fsp3) is 0.200. The number of nitrogens with one attached hydrogen (secondary N) is 1. The quantitative estimate of drug-likeness (QED) is 0.698. The molecule has 7 nitrogen and oxygen atoms in total. The van der Waals surface area contributed by atoms with Gasteiger partial charge in [0.15, 0.2) is 17.0 Å². The molecule has 1 N–H and O–H groups in total. The monoisotopic (exact) mass is 384 g/mol. The maximum absolute atomic E-state index is 13.4. The third kappa shape index (κ3) is 3.52. The summed E-state index contributed by atoms with van der Waals surface area (Å²) in [5.74, 6) is -1.51. The molecule has 0 aliphatic heterocycles. The number of amides is 1. The van der Waals surface area contributed by atoms with E-state index in [1.165, 1.54) is 11.3 Å². The Bertz CT molecular complexity index is 967. The lowest BCUT2D eigenvalue weighted by molar-refractivity contribution is -0.142. The zero-order chi connectivity index (χ0) is 18.9. The molecule has 26 heavy (non-hydrogen) atoms. The van der Waals surface area contributed by atoms with Gasteiger partial charge in [0.25, 0.3) is 5.91 Å². The smallest absolute Gasteiger partial charge is 0.433 e.